The fraction of sp³-hybridized carbons (Fsp3) is 0.625. The van der Waals surface area contributed by atoms with E-state index in [4.69, 9.17) is 9.26 Å². The van der Waals surface area contributed by atoms with Crippen LogP contribution in [0.2, 0.25) is 0 Å². The summed E-state index contributed by atoms with van der Waals surface area (Å²) < 4.78 is 11.3. The van der Waals surface area contributed by atoms with Crippen molar-refractivity contribution in [3.63, 3.8) is 0 Å². The highest BCUT2D eigenvalue weighted by Gasteiger charge is 2.23. The van der Waals surface area contributed by atoms with Crippen molar-refractivity contribution < 1.29 is 19.2 Å². The Bertz CT molecular complexity index is 873. The molecule has 1 aromatic carbocycles. The molecule has 1 aliphatic heterocycles. The number of hydrogen-bond donors (Lipinski definition) is 2. The minimum Gasteiger partial charge on any atom is -0.494 e. The van der Waals surface area contributed by atoms with E-state index in [1.165, 1.54) is 0 Å². The van der Waals surface area contributed by atoms with E-state index in [2.05, 4.69) is 34.2 Å². The number of rotatable bonds is 10. The Labute approximate surface area is 190 Å². The van der Waals surface area contributed by atoms with Crippen molar-refractivity contribution in [3.05, 3.63) is 35.2 Å². The molecule has 1 atom stereocenters. The minimum atomic E-state index is -0.564. The fourth-order valence-electron chi connectivity index (χ4n) is 3.88. The lowest BCUT2D eigenvalue weighted by atomic mass is 9.92. The second-order valence-corrected chi connectivity index (χ2v) is 9.05. The number of carbonyl (C=O) groups excluding carboxylic acids is 1. The highest BCUT2D eigenvalue weighted by Crippen LogP contribution is 2.26. The molecule has 2 heterocycles. The molecule has 8 heteroatoms. The first kappa shape index (κ1) is 24.0. The highest BCUT2D eigenvalue weighted by molar-refractivity contribution is 5.95. The van der Waals surface area contributed by atoms with Crippen LogP contribution in [-0.4, -0.2) is 53.5 Å². The van der Waals surface area contributed by atoms with Crippen LogP contribution in [0.5, 0.6) is 5.75 Å². The van der Waals surface area contributed by atoms with Crippen LogP contribution in [0.1, 0.15) is 74.1 Å². The first-order valence-corrected chi connectivity index (χ1v) is 11.6. The zero-order chi connectivity index (χ0) is 23.1. The Hall–Kier alpha value is -2.61. The molecule has 1 fully saturated rings. The van der Waals surface area contributed by atoms with Gasteiger partial charge >= 0.3 is 6.01 Å². The summed E-state index contributed by atoms with van der Waals surface area (Å²) in [7, 11) is 0. The zero-order valence-electron chi connectivity index (χ0n) is 19.6. The number of aryl methyl sites for hydroxylation is 1. The molecule has 1 saturated heterocycles. The van der Waals surface area contributed by atoms with Crippen LogP contribution in [-0.2, 0) is 0 Å². The Morgan fingerprint density at radius 2 is 2.06 bits per heavy atom. The molecule has 0 bridgehead atoms. The number of benzene rings is 1. The van der Waals surface area contributed by atoms with E-state index in [1.54, 1.807) is 13.0 Å². The Kier molecular flexibility index (Phi) is 8.50. The Balaban J connectivity index is 1.36. The van der Waals surface area contributed by atoms with Crippen molar-refractivity contribution in [2.24, 2.45) is 5.92 Å². The first-order chi connectivity index (χ1) is 15.3. The van der Waals surface area contributed by atoms with Crippen molar-refractivity contribution in [1.82, 2.24) is 15.5 Å². The smallest absolute Gasteiger partial charge is 0.324 e. The molecule has 1 amide bonds. The van der Waals surface area contributed by atoms with Gasteiger partial charge in [0.25, 0.3) is 5.91 Å². The predicted octanol–water partition coefficient (Wildman–Crippen LogP) is 3.69. The van der Waals surface area contributed by atoms with E-state index in [0.717, 1.165) is 55.9 Å². The molecule has 1 aromatic heterocycles. The van der Waals surface area contributed by atoms with Crippen LogP contribution >= 0.6 is 0 Å². The number of amides is 1. The van der Waals surface area contributed by atoms with Gasteiger partial charge in [-0.2, -0.15) is 4.98 Å². The topological polar surface area (TPSA) is 101 Å². The van der Waals surface area contributed by atoms with Crippen LogP contribution in [0.15, 0.2) is 22.7 Å². The monoisotopic (exact) mass is 444 g/mol. The van der Waals surface area contributed by atoms with Gasteiger partial charge in [0.15, 0.2) is 5.82 Å². The molecular formula is C24H36N4O4. The van der Waals surface area contributed by atoms with E-state index in [-0.39, 0.29) is 18.4 Å². The maximum atomic E-state index is 12.2. The summed E-state index contributed by atoms with van der Waals surface area (Å²) in [5.74, 6) is 2.33. The second kappa shape index (κ2) is 11.3. The third-order valence-corrected chi connectivity index (χ3v) is 5.86. The van der Waals surface area contributed by atoms with Gasteiger partial charge in [0, 0.05) is 31.1 Å². The summed E-state index contributed by atoms with van der Waals surface area (Å²) in [5, 5.41) is 16.1. The second-order valence-electron chi connectivity index (χ2n) is 9.05. The number of piperidine rings is 1. The molecule has 0 saturated carbocycles. The van der Waals surface area contributed by atoms with Gasteiger partial charge in [-0.25, -0.2) is 0 Å². The van der Waals surface area contributed by atoms with Gasteiger partial charge < -0.3 is 24.6 Å². The molecule has 2 aromatic rings. The number of aliphatic hydroxyl groups is 1. The molecular weight excluding hydrogens is 408 g/mol. The van der Waals surface area contributed by atoms with E-state index in [0.29, 0.717) is 24.1 Å². The lowest BCUT2D eigenvalue weighted by Crippen LogP contribution is -2.34. The van der Waals surface area contributed by atoms with Gasteiger partial charge in [0.1, 0.15) is 5.75 Å². The van der Waals surface area contributed by atoms with E-state index in [9.17, 15) is 9.90 Å². The average Bonchev–Trinajstić information content (AvgIpc) is 3.26. The quantitative estimate of drug-likeness (QED) is 0.539. The molecule has 176 valence electrons. The zero-order valence-corrected chi connectivity index (χ0v) is 19.6. The standard InChI is InChI=1S/C24H36N4O4/c1-16(2)22-26-24(32-27-22)28-11-9-19(10-12-28)6-5-13-31-20-7-8-21(17(3)14-20)23(30)25-15-18(4)29/h7-8,14,16,18-19,29H,5-6,9-13,15H2,1-4H3,(H,25,30)/t18-/m1/s1. The molecule has 0 aliphatic carbocycles. The number of hydrogen-bond acceptors (Lipinski definition) is 7. The predicted molar refractivity (Wildman–Crippen MR) is 123 cm³/mol. The van der Waals surface area contributed by atoms with Crippen molar-refractivity contribution >= 4 is 11.9 Å². The molecule has 8 nitrogen and oxygen atoms in total. The maximum Gasteiger partial charge on any atom is 0.324 e. The Morgan fingerprint density at radius 3 is 2.69 bits per heavy atom. The van der Waals surface area contributed by atoms with Crippen molar-refractivity contribution in [2.45, 2.75) is 65.4 Å². The van der Waals surface area contributed by atoms with E-state index in [1.807, 2.05) is 19.1 Å². The SMILES string of the molecule is Cc1cc(OCCCC2CCN(c3nc(C(C)C)no3)CC2)ccc1C(=O)NC[C@@H](C)O. The van der Waals surface area contributed by atoms with Gasteiger partial charge in [0.2, 0.25) is 0 Å². The highest BCUT2D eigenvalue weighted by atomic mass is 16.5. The maximum absolute atomic E-state index is 12.2. The molecule has 0 radical (unpaired) electrons. The summed E-state index contributed by atoms with van der Waals surface area (Å²) in [6, 6.07) is 6.15. The largest absolute Gasteiger partial charge is 0.494 e. The van der Waals surface area contributed by atoms with E-state index >= 15 is 0 Å². The van der Waals surface area contributed by atoms with Crippen LogP contribution in [0.3, 0.4) is 0 Å². The third kappa shape index (κ3) is 6.69. The molecule has 3 rings (SSSR count). The lowest BCUT2D eigenvalue weighted by molar-refractivity contribution is 0.0923. The number of ether oxygens (including phenoxy) is 1. The molecule has 32 heavy (non-hydrogen) atoms. The number of aromatic nitrogens is 2. The summed E-state index contributed by atoms with van der Waals surface area (Å²) >= 11 is 0. The van der Waals surface area contributed by atoms with Crippen molar-refractivity contribution in [1.29, 1.82) is 0 Å². The van der Waals surface area contributed by atoms with Crippen LogP contribution in [0.25, 0.3) is 0 Å². The van der Waals surface area contributed by atoms with Crippen LogP contribution in [0, 0.1) is 12.8 Å². The fourth-order valence-corrected chi connectivity index (χ4v) is 3.88. The van der Waals surface area contributed by atoms with Crippen molar-refractivity contribution in [2.75, 3.05) is 31.1 Å². The normalized spacial score (nSPS) is 15.8. The van der Waals surface area contributed by atoms with Gasteiger partial charge in [-0.05, 0) is 69.2 Å². The van der Waals surface area contributed by atoms with E-state index < -0.39 is 6.10 Å². The molecule has 1 aliphatic rings. The number of anilines is 1. The molecule has 0 spiro atoms. The number of carbonyl (C=O) groups is 1. The van der Waals surface area contributed by atoms with Gasteiger partial charge in [0.05, 0.1) is 12.7 Å². The van der Waals surface area contributed by atoms with Crippen LogP contribution < -0.4 is 15.0 Å². The number of nitrogens with one attached hydrogen (secondary N) is 1. The third-order valence-electron chi connectivity index (χ3n) is 5.86. The molecule has 2 N–H and O–H groups in total. The summed E-state index contributed by atoms with van der Waals surface area (Å²) in [6.07, 6.45) is 3.81. The van der Waals surface area contributed by atoms with Crippen molar-refractivity contribution in [3.8, 4) is 5.75 Å². The van der Waals surface area contributed by atoms with Crippen LogP contribution in [0.4, 0.5) is 6.01 Å². The van der Waals surface area contributed by atoms with Gasteiger partial charge in [-0.15, -0.1) is 0 Å². The summed E-state index contributed by atoms with van der Waals surface area (Å²) in [5.41, 5.74) is 1.46. The minimum absolute atomic E-state index is 0.178. The average molecular weight is 445 g/mol. The number of aliphatic hydroxyl groups excluding tert-OH is 1. The first-order valence-electron chi connectivity index (χ1n) is 11.6. The van der Waals surface area contributed by atoms with Gasteiger partial charge in [-0.3, -0.25) is 4.79 Å². The summed E-state index contributed by atoms with van der Waals surface area (Å²) in [6.45, 7) is 10.5. The Morgan fingerprint density at radius 1 is 1.31 bits per heavy atom. The lowest BCUT2D eigenvalue weighted by Gasteiger charge is -2.30. The number of nitrogens with zero attached hydrogens (tertiary/aromatic N) is 3. The van der Waals surface area contributed by atoms with Gasteiger partial charge in [-0.1, -0.05) is 19.0 Å². The molecule has 0 unspecified atom stereocenters. The summed E-state index contributed by atoms with van der Waals surface area (Å²) in [4.78, 5) is 18.9.